The molecule has 0 unspecified atom stereocenters. The predicted molar refractivity (Wildman–Crippen MR) is 119 cm³/mol. The molecule has 0 atom stereocenters. The number of benzene rings is 3. The second-order valence-corrected chi connectivity index (χ2v) is 7.79. The van der Waals surface area contributed by atoms with Crippen molar-refractivity contribution in [3.8, 4) is 11.1 Å². The number of aliphatic imine (C=N–C) groups is 1. The molecule has 0 radical (unpaired) electrons. The van der Waals surface area contributed by atoms with Gasteiger partial charge in [-0.3, -0.25) is 14.6 Å². The van der Waals surface area contributed by atoms with E-state index < -0.39 is 11.8 Å². The Balaban J connectivity index is 0.00000289. The summed E-state index contributed by atoms with van der Waals surface area (Å²) in [4.78, 5) is 27.8. The van der Waals surface area contributed by atoms with Gasteiger partial charge in [-0.25, -0.2) is 4.39 Å². The molecule has 1 fully saturated rings. The number of thioether (sulfide) groups is 1. The van der Waals surface area contributed by atoms with Crippen molar-refractivity contribution in [3.63, 3.8) is 0 Å². The van der Waals surface area contributed by atoms with Crippen molar-refractivity contribution in [2.75, 3.05) is 0 Å². The summed E-state index contributed by atoms with van der Waals surface area (Å²) in [6, 6.07) is 22.8. The molecular weight excluding hydrogens is 438 g/mol. The van der Waals surface area contributed by atoms with Gasteiger partial charge in [-0.1, -0.05) is 54.6 Å². The van der Waals surface area contributed by atoms with Gasteiger partial charge in [0.05, 0.1) is 4.91 Å². The number of halogens is 1. The Bertz CT molecular complexity index is 1210. The van der Waals surface area contributed by atoms with Crippen LogP contribution in [0.2, 0.25) is 0 Å². The Morgan fingerprint density at radius 1 is 1.09 bits per heavy atom. The number of aliphatic carboxylic acids is 1. The standard InChI is InChI=1S/C24H16FN2O3S.Na/c25-19-10-16(13-22(28)29)11-20(14-19)26-24-27-23(30)21(31-24)12-15-6-8-18(9-7-15)17-4-2-1-3-5-17;/h1-12H,13H2,(H,28,29)(H,26,27,30);/q-1;+1. The Morgan fingerprint density at radius 2 is 1.78 bits per heavy atom. The zero-order chi connectivity index (χ0) is 21.8. The van der Waals surface area contributed by atoms with Crippen molar-refractivity contribution in [2.24, 2.45) is 4.99 Å². The first-order valence-corrected chi connectivity index (χ1v) is 10.2. The summed E-state index contributed by atoms with van der Waals surface area (Å²) in [6.07, 6.45) is 1.43. The molecule has 4 rings (SSSR count). The maximum absolute atomic E-state index is 13.7. The van der Waals surface area contributed by atoms with Gasteiger partial charge in [-0.15, -0.1) is 23.8 Å². The number of carboxylic acids is 1. The van der Waals surface area contributed by atoms with Crippen LogP contribution in [0.5, 0.6) is 0 Å². The van der Waals surface area contributed by atoms with Crippen molar-refractivity contribution in [1.29, 1.82) is 0 Å². The Morgan fingerprint density at radius 3 is 2.47 bits per heavy atom. The summed E-state index contributed by atoms with van der Waals surface area (Å²) < 4.78 is 13.7. The van der Waals surface area contributed by atoms with Crippen LogP contribution < -0.4 is 34.9 Å². The molecule has 32 heavy (non-hydrogen) atoms. The fourth-order valence-electron chi connectivity index (χ4n) is 3.06. The minimum Gasteiger partial charge on any atom is -0.481 e. The zero-order valence-corrected chi connectivity index (χ0v) is 19.9. The first-order valence-electron chi connectivity index (χ1n) is 9.35. The van der Waals surface area contributed by atoms with E-state index in [9.17, 15) is 14.0 Å². The van der Waals surface area contributed by atoms with E-state index >= 15 is 0 Å². The molecule has 1 aliphatic rings. The predicted octanol–water partition coefficient (Wildman–Crippen LogP) is 1.82. The van der Waals surface area contributed by atoms with Gasteiger partial charge in [0.2, 0.25) is 0 Å². The van der Waals surface area contributed by atoms with E-state index in [1.54, 1.807) is 6.08 Å². The van der Waals surface area contributed by atoms with Gasteiger partial charge in [0.1, 0.15) is 0 Å². The molecule has 3 aromatic rings. The van der Waals surface area contributed by atoms with Gasteiger partial charge in [-0.2, -0.15) is 0 Å². The first kappa shape index (κ1) is 23.9. The van der Waals surface area contributed by atoms with E-state index in [4.69, 9.17) is 5.11 Å². The monoisotopic (exact) mass is 454 g/mol. The summed E-state index contributed by atoms with van der Waals surface area (Å²) >= 11 is 1.13. The Labute approximate surface area is 210 Å². The topological polar surface area (TPSA) is 78.8 Å². The normalized spacial score (nSPS) is 15.5. The van der Waals surface area contributed by atoms with Gasteiger partial charge < -0.3 is 10.4 Å². The number of carbonyl (C=O) groups is 2. The molecule has 1 saturated heterocycles. The smallest absolute Gasteiger partial charge is 0.481 e. The fraction of sp³-hybridized carbons (Fsp3) is 0.0417. The number of nitrogens with one attached hydrogen (secondary N) is 1. The summed E-state index contributed by atoms with van der Waals surface area (Å²) in [5, 5.41) is 11.8. The molecule has 0 bridgehead atoms. The van der Waals surface area contributed by atoms with E-state index in [1.165, 1.54) is 6.07 Å². The minimum atomic E-state index is -1.07. The average Bonchev–Trinajstić information content (AvgIpc) is 3.07. The maximum Gasteiger partial charge on any atom is 1.00 e. The summed E-state index contributed by atoms with van der Waals surface area (Å²) in [5.41, 5.74) is 3.43. The minimum absolute atomic E-state index is 0. The maximum atomic E-state index is 13.7. The third-order valence-corrected chi connectivity index (χ3v) is 5.34. The number of rotatable bonds is 5. The molecule has 3 aromatic carbocycles. The third kappa shape index (κ3) is 6.17. The van der Waals surface area contributed by atoms with Crippen LogP contribution in [0.3, 0.4) is 0 Å². The third-order valence-electron chi connectivity index (χ3n) is 4.43. The van der Waals surface area contributed by atoms with Crippen LogP contribution in [0.25, 0.3) is 17.2 Å². The molecule has 0 saturated carbocycles. The second-order valence-electron chi connectivity index (χ2n) is 6.76. The van der Waals surface area contributed by atoms with E-state index in [0.29, 0.717) is 4.91 Å². The summed E-state index contributed by atoms with van der Waals surface area (Å²) in [6.45, 7) is 0. The van der Waals surface area contributed by atoms with Crippen LogP contribution in [0, 0.1) is 11.9 Å². The molecule has 1 amide bonds. The number of nitrogens with zero attached hydrogens (tertiary/aromatic N) is 1. The number of hydrogen-bond acceptors (Lipinski definition) is 4. The number of carboxylic acid groups (broad SMARTS) is 1. The molecule has 0 spiro atoms. The molecule has 1 aliphatic heterocycles. The van der Waals surface area contributed by atoms with Crippen LogP contribution in [0.1, 0.15) is 11.1 Å². The quantitative estimate of drug-likeness (QED) is 0.350. The van der Waals surface area contributed by atoms with E-state index in [1.807, 2.05) is 54.6 Å². The molecule has 8 heteroatoms. The van der Waals surface area contributed by atoms with Crippen molar-refractivity contribution < 1.29 is 48.6 Å². The van der Waals surface area contributed by atoms with Crippen molar-refractivity contribution in [2.45, 2.75) is 6.42 Å². The molecule has 0 aromatic heterocycles. The molecule has 1 heterocycles. The van der Waals surface area contributed by atoms with Crippen LogP contribution in [-0.4, -0.2) is 22.2 Å². The number of carbonyl (C=O) groups excluding carboxylic acids is 1. The van der Waals surface area contributed by atoms with Crippen molar-refractivity contribution in [1.82, 2.24) is 5.32 Å². The largest absolute Gasteiger partial charge is 1.00 e. The van der Waals surface area contributed by atoms with Gasteiger partial charge in [0.25, 0.3) is 5.91 Å². The van der Waals surface area contributed by atoms with E-state index in [0.717, 1.165) is 34.5 Å². The Kier molecular flexibility index (Phi) is 8.04. The van der Waals surface area contributed by atoms with Crippen LogP contribution in [-0.2, 0) is 16.0 Å². The van der Waals surface area contributed by atoms with Crippen LogP contribution in [0.4, 0.5) is 10.1 Å². The molecule has 2 N–H and O–H groups in total. The van der Waals surface area contributed by atoms with Gasteiger partial charge in [-0.05, 0) is 40.2 Å². The SMILES string of the molecule is O=C(O)Cc1cc(F)[c-]c(N=C2NC(=O)C(=Cc3ccc(-c4ccccc4)cc3)S2)c1.[Na+]. The Hall–Kier alpha value is -2.71. The number of amides is 1. The number of hydrogen-bond donors (Lipinski definition) is 2. The number of amidine groups is 1. The van der Waals surface area contributed by atoms with Gasteiger partial charge in [0, 0.05) is 12.2 Å². The van der Waals surface area contributed by atoms with Crippen molar-refractivity contribution in [3.05, 3.63) is 94.6 Å². The van der Waals surface area contributed by atoms with E-state index in [2.05, 4.69) is 16.4 Å². The van der Waals surface area contributed by atoms with Crippen LogP contribution in [0.15, 0.2) is 76.6 Å². The van der Waals surface area contributed by atoms with Crippen molar-refractivity contribution >= 4 is 40.6 Å². The molecule has 0 aliphatic carbocycles. The van der Waals surface area contributed by atoms with E-state index in [-0.39, 0.29) is 58.3 Å². The molecular formula is C24H16FN2NaO3S. The first-order chi connectivity index (χ1) is 15.0. The zero-order valence-electron chi connectivity index (χ0n) is 17.1. The fourth-order valence-corrected chi connectivity index (χ4v) is 3.89. The van der Waals surface area contributed by atoms with Gasteiger partial charge in [0.15, 0.2) is 5.17 Å². The summed E-state index contributed by atoms with van der Waals surface area (Å²) in [5.74, 6) is -2.09. The molecule has 154 valence electrons. The summed E-state index contributed by atoms with van der Waals surface area (Å²) in [7, 11) is 0. The van der Waals surface area contributed by atoms with Crippen LogP contribution >= 0.6 is 11.8 Å². The molecule has 5 nitrogen and oxygen atoms in total. The average molecular weight is 454 g/mol. The van der Waals surface area contributed by atoms with Gasteiger partial charge >= 0.3 is 35.5 Å². The second kappa shape index (κ2) is 10.7.